The van der Waals surface area contributed by atoms with E-state index in [2.05, 4.69) is 48.0 Å². The summed E-state index contributed by atoms with van der Waals surface area (Å²) in [6.07, 6.45) is 0. The van der Waals surface area contributed by atoms with Gasteiger partial charge in [0.05, 0.1) is 6.61 Å². The zero-order chi connectivity index (χ0) is 12.3. The Bertz CT molecular complexity index is 341. The summed E-state index contributed by atoms with van der Waals surface area (Å²) in [4.78, 5) is 4.71. The number of nitrogens with zero attached hydrogens (tertiary/aromatic N) is 2. The molecule has 1 aromatic rings. The minimum atomic E-state index is 0.240. The Morgan fingerprint density at radius 1 is 1.24 bits per heavy atom. The first-order valence-electron chi connectivity index (χ1n) is 6.29. The van der Waals surface area contributed by atoms with Crippen LogP contribution >= 0.6 is 0 Å². The van der Waals surface area contributed by atoms with Gasteiger partial charge in [0.25, 0.3) is 0 Å². The van der Waals surface area contributed by atoms with Crippen LogP contribution in [0.3, 0.4) is 0 Å². The summed E-state index contributed by atoms with van der Waals surface area (Å²) in [7, 11) is 2.13. The van der Waals surface area contributed by atoms with E-state index in [1.165, 1.54) is 5.56 Å². The predicted octanol–water partition coefficient (Wildman–Crippen LogP) is 1.18. The zero-order valence-electron chi connectivity index (χ0n) is 10.7. The summed E-state index contributed by atoms with van der Waals surface area (Å²) in [6, 6.07) is 11.3. The van der Waals surface area contributed by atoms with Gasteiger partial charge in [-0.05, 0) is 19.5 Å². The number of aliphatic hydroxyl groups is 1. The molecule has 0 aliphatic carbocycles. The predicted molar refractivity (Wildman–Crippen MR) is 69.8 cm³/mol. The molecule has 0 saturated carbocycles. The second kappa shape index (κ2) is 5.63. The van der Waals surface area contributed by atoms with Crippen molar-refractivity contribution < 1.29 is 5.11 Å². The van der Waals surface area contributed by atoms with Gasteiger partial charge in [0.15, 0.2) is 0 Å². The molecular formula is C14H22N2O. The maximum Gasteiger partial charge on any atom is 0.0599 e. The lowest BCUT2D eigenvalue weighted by atomic mass is 10.1. The average Bonchev–Trinajstić information content (AvgIpc) is 2.35. The van der Waals surface area contributed by atoms with Crippen molar-refractivity contribution in [2.24, 2.45) is 0 Å². The molecule has 17 heavy (non-hydrogen) atoms. The number of hydrogen-bond donors (Lipinski definition) is 1. The molecule has 0 amide bonds. The molecule has 1 fully saturated rings. The van der Waals surface area contributed by atoms with Gasteiger partial charge in [0.2, 0.25) is 0 Å². The van der Waals surface area contributed by atoms with E-state index in [1.807, 2.05) is 6.07 Å². The molecule has 1 heterocycles. The lowest BCUT2D eigenvalue weighted by molar-refractivity contribution is 0.0174. The monoisotopic (exact) mass is 234 g/mol. The highest BCUT2D eigenvalue weighted by Crippen LogP contribution is 2.16. The van der Waals surface area contributed by atoms with Crippen LogP contribution in [0.25, 0.3) is 0 Å². The Morgan fingerprint density at radius 2 is 1.94 bits per heavy atom. The topological polar surface area (TPSA) is 26.7 Å². The van der Waals surface area contributed by atoms with Gasteiger partial charge in [-0.3, -0.25) is 4.90 Å². The van der Waals surface area contributed by atoms with E-state index in [-0.39, 0.29) is 12.6 Å². The molecule has 3 nitrogen and oxygen atoms in total. The summed E-state index contributed by atoms with van der Waals surface area (Å²) < 4.78 is 0. The van der Waals surface area contributed by atoms with Gasteiger partial charge in [-0.2, -0.15) is 0 Å². The number of hydrogen-bond acceptors (Lipinski definition) is 3. The maximum absolute atomic E-state index is 9.48. The van der Waals surface area contributed by atoms with Crippen molar-refractivity contribution in [2.45, 2.75) is 25.6 Å². The Hall–Kier alpha value is -0.900. The number of aliphatic hydroxyl groups excluding tert-OH is 1. The van der Waals surface area contributed by atoms with E-state index in [4.69, 9.17) is 0 Å². The third-order valence-corrected chi connectivity index (χ3v) is 3.71. The van der Waals surface area contributed by atoms with Gasteiger partial charge in [-0.1, -0.05) is 30.3 Å². The average molecular weight is 234 g/mol. The van der Waals surface area contributed by atoms with Crippen molar-refractivity contribution in [1.82, 2.24) is 9.80 Å². The second-order valence-electron chi connectivity index (χ2n) is 5.04. The molecule has 0 bridgehead atoms. The van der Waals surface area contributed by atoms with Crippen molar-refractivity contribution >= 4 is 0 Å². The summed E-state index contributed by atoms with van der Waals surface area (Å²) in [5, 5.41) is 9.48. The van der Waals surface area contributed by atoms with E-state index in [0.717, 1.165) is 19.6 Å². The van der Waals surface area contributed by atoms with Crippen LogP contribution in [-0.4, -0.2) is 53.7 Å². The van der Waals surface area contributed by atoms with Crippen molar-refractivity contribution in [3.05, 3.63) is 35.9 Å². The van der Waals surface area contributed by atoms with Gasteiger partial charge in [0, 0.05) is 31.7 Å². The Balaban J connectivity index is 2.03. The van der Waals surface area contributed by atoms with E-state index in [9.17, 15) is 5.11 Å². The van der Waals surface area contributed by atoms with E-state index in [0.29, 0.717) is 6.04 Å². The van der Waals surface area contributed by atoms with E-state index in [1.54, 1.807) is 0 Å². The lowest BCUT2D eigenvalue weighted by Crippen LogP contribution is -2.56. The molecule has 2 unspecified atom stereocenters. The molecule has 2 atom stereocenters. The van der Waals surface area contributed by atoms with E-state index < -0.39 is 0 Å². The third kappa shape index (κ3) is 3.06. The standard InChI is InChI=1S/C14H22N2O/c1-12-8-16(14(11-17)10-15(12)2)9-13-6-4-3-5-7-13/h3-7,12,14,17H,8-11H2,1-2H3. The van der Waals surface area contributed by atoms with Crippen LogP contribution in [0.2, 0.25) is 0 Å². The molecule has 1 saturated heterocycles. The quantitative estimate of drug-likeness (QED) is 0.851. The van der Waals surface area contributed by atoms with Crippen molar-refractivity contribution in [3.63, 3.8) is 0 Å². The summed E-state index contributed by atoms with van der Waals surface area (Å²) in [5.74, 6) is 0. The molecule has 1 aliphatic rings. The van der Waals surface area contributed by atoms with Gasteiger partial charge >= 0.3 is 0 Å². The number of rotatable bonds is 3. The normalized spacial score (nSPS) is 27.2. The number of likely N-dealkylation sites (N-methyl/N-ethyl adjacent to an activating group) is 1. The largest absolute Gasteiger partial charge is 0.395 e. The zero-order valence-corrected chi connectivity index (χ0v) is 10.7. The van der Waals surface area contributed by atoms with Crippen molar-refractivity contribution in [3.8, 4) is 0 Å². The lowest BCUT2D eigenvalue weighted by Gasteiger charge is -2.43. The Labute approximate surface area is 104 Å². The Kier molecular flexibility index (Phi) is 4.15. The summed E-state index contributed by atoms with van der Waals surface area (Å²) >= 11 is 0. The van der Waals surface area contributed by atoms with Crippen molar-refractivity contribution in [1.29, 1.82) is 0 Å². The van der Waals surface area contributed by atoms with Crippen LogP contribution in [0.15, 0.2) is 30.3 Å². The first-order chi connectivity index (χ1) is 8.20. The first kappa shape index (κ1) is 12.6. The highest BCUT2D eigenvalue weighted by atomic mass is 16.3. The fourth-order valence-corrected chi connectivity index (χ4v) is 2.44. The first-order valence-corrected chi connectivity index (χ1v) is 6.29. The molecular weight excluding hydrogens is 212 g/mol. The second-order valence-corrected chi connectivity index (χ2v) is 5.04. The third-order valence-electron chi connectivity index (χ3n) is 3.71. The van der Waals surface area contributed by atoms with Crippen LogP contribution < -0.4 is 0 Å². The van der Waals surface area contributed by atoms with Crippen LogP contribution in [-0.2, 0) is 6.54 Å². The fourth-order valence-electron chi connectivity index (χ4n) is 2.44. The summed E-state index contributed by atoms with van der Waals surface area (Å²) in [6.45, 7) is 5.39. The van der Waals surface area contributed by atoms with Gasteiger partial charge in [-0.15, -0.1) is 0 Å². The highest BCUT2D eigenvalue weighted by Gasteiger charge is 2.28. The molecule has 0 aromatic heterocycles. The van der Waals surface area contributed by atoms with Gasteiger partial charge in [0.1, 0.15) is 0 Å². The maximum atomic E-state index is 9.48. The van der Waals surface area contributed by atoms with Crippen LogP contribution in [0, 0.1) is 0 Å². The highest BCUT2D eigenvalue weighted by molar-refractivity contribution is 5.14. The molecule has 0 spiro atoms. The Morgan fingerprint density at radius 3 is 2.59 bits per heavy atom. The minimum Gasteiger partial charge on any atom is -0.395 e. The number of piperazine rings is 1. The molecule has 3 heteroatoms. The SMILES string of the molecule is CC1CN(Cc2ccccc2)C(CO)CN1C. The molecule has 1 N–H and O–H groups in total. The molecule has 94 valence electrons. The van der Waals surface area contributed by atoms with Crippen molar-refractivity contribution in [2.75, 3.05) is 26.7 Å². The van der Waals surface area contributed by atoms with Crippen LogP contribution in [0.5, 0.6) is 0 Å². The minimum absolute atomic E-state index is 0.240. The summed E-state index contributed by atoms with van der Waals surface area (Å²) in [5.41, 5.74) is 1.32. The number of benzene rings is 1. The van der Waals surface area contributed by atoms with Crippen LogP contribution in [0.1, 0.15) is 12.5 Å². The molecule has 1 aliphatic heterocycles. The van der Waals surface area contributed by atoms with E-state index >= 15 is 0 Å². The molecule has 1 aromatic carbocycles. The van der Waals surface area contributed by atoms with Gasteiger partial charge < -0.3 is 10.0 Å². The molecule has 2 rings (SSSR count). The van der Waals surface area contributed by atoms with Gasteiger partial charge in [-0.25, -0.2) is 0 Å². The smallest absolute Gasteiger partial charge is 0.0599 e. The van der Waals surface area contributed by atoms with Crippen LogP contribution in [0.4, 0.5) is 0 Å². The fraction of sp³-hybridized carbons (Fsp3) is 0.571. The molecule has 0 radical (unpaired) electrons.